The van der Waals surface area contributed by atoms with E-state index in [0.29, 0.717) is 31.1 Å². The second-order valence-electron chi connectivity index (χ2n) is 6.61. The van der Waals surface area contributed by atoms with Gasteiger partial charge in [-0.2, -0.15) is 0 Å². The maximum atomic E-state index is 12.3. The molecule has 0 bridgehead atoms. The molecular formula is C19H29N3O2. The molecule has 1 aromatic carbocycles. The van der Waals surface area contributed by atoms with E-state index in [1.165, 1.54) is 0 Å². The van der Waals surface area contributed by atoms with Crippen LogP contribution >= 0.6 is 0 Å². The Kier molecular flexibility index (Phi) is 6.79. The quantitative estimate of drug-likeness (QED) is 0.795. The number of carbonyl (C=O) groups is 2. The van der Waals surface area contributed by atoms with Gasteiger partial charge in [0.15, 0.2) is 0 Å². The summed E-state index contributed by atoms with van der Waals surface area (Å²) in [6, 6.07) is 8.08. The molecule has 0 spiro atoms. The molecule has 132 valence electrons. The second kappa shape index (κ2) is 8.83. The first-order valence-corrected chi connectivity index (χ1v) is 8.86. The zero-order valence-electron chi connectivity index (χ0n) is 15.0. The lowest BCUT2D eigenvalue weighted by molar-refractivity contribution is -0.128. The topological polar surface area (TPSA) is 52.7 Å². The predicted molar refractivity (Wildman–Crippen MR) is 95.8 cm³/mol. The SMILES string of the molecule is CC[C@H](C)N(C)CCNC(=O)c1cccc(CN2CCCC2=O)c1. The van der Waals surface area contributed by atoms with Crippen molar-refractivity contribution in [3.05, 3.63) is 35.4 Å². The fraction of sp³-hybridized carbons (Fsp3) is 0.579. The van der Waals surface area contributed by atoms with Crippen LogP contribution in [0.5, 0.6) is 0 Å². The van der Waals surface area contributed by atoms with Gasteiger partial charge in [-0.25, -0.2) is 0 Å². The maximum absolute atomic E-state index is 12.3. The first-order chi connectivity index (χ1) is 11.5. The molecule has 1 aliphatic heterocycles. The number of amides is 2. The van der Waals surface area contributed by atoms with Crippen LogP contribution in [0.3, 0.4) is 0 Å². The molecule has 0 aliphatic carbocycles. The summed E-state index contributed by atoms with van der Waals surface area (Å²) in [4.78, 5) is 28.1. The van der Waals surface area contributed by atoms with Crippen LogP contribution in [0, 0.1) is 0 Å². The third-order valence-corrected chi connectivity index (χ3v) is 4.83. The zero-order chi connectivity index (χ0) is 17.5. The molecule has 1 saturated heterocycles. The van der Waals surface area contributed by atoms with E-state index < -0.39 is 0 Å². The van der Waals surface area contributed by atoms with Gasteiger partial charge in [0.1, 0.15) is 0 Å². The van der Waals surface area contributed by atoms with E-state index >= 15 is 0 Å². The number of carbonyl (C=O) groups excluding carboxylic acids is 2. The summed E-state index contributed by atoms with van der Waals surface area (Å²) < 4.78 is 0. The molecule has 0 unspecified atom stereocenters. The van der Waals surface area contributed by atoms with Crippen molar-refractivity contribution in [1.82, 2.24) is 15.1 Å². The van der Waals surface area contributed by atoms with Crippen LogP contribution in [0.1, 0.15) is 49.0 Å². The molecule has 2 rings (SSSR count). The Balaban J connectivity index is 1.86. The Morgan fingerprint density at radius 3 is 2.88 bits per heavy atom. The highest BCUT2D eigenvalue weighted by molar-refractivity contribution is 5.94. The van der Waals surface area contributed by atoms with E-state index in [-0.39, 0.29) is 11.8 Å². The van der Waals surface area contributed by atoms with Gasteiger partial charge in [-0.05, 0) is 44.5 Å². The van der Waals surface area contributed by atoms with E-state index in [1.807, 2.05) is 29.2 Å². The predicted octanol–water partition coefficient (Wildman–Crippen LogP) is 2.27. The van der Waals surface area contributed by atoms with Crippen LogP contribution in [-0.2, 0) is 11.3 Å². The Bertz CT molecular complexity index is 573. The number of hydrogen-bond donors (Lipinski definition) is 1. The number of hydrogen-bond acceptors (Lipinski definition) is 3. The summed E-state index contributed by atoms with van der Waals surface area (Å²) in [6.07, 6.45) is 2.67. The van der Waals surface area contributed by atoms with Gasteiger partial charge in [0.05, 0.1) is 0 Å². The van der Waals surface area contributed by atoms with Crippen LogP contribution in [0.2, 0.25) is 0 Å². The number of benzene rings is 1. The van der Waals surface area contributed by atoms with E-state index in [4.69, 9.17) is 0 Å². The van der Waals surface area contributed by atoms with E-state index in [9.17, 15) is 9.59 Å². The van der Waals surface area contributed by atoms with Crippen molar-refractivity contribution in [2.75, 3.05) is 26.7 Å². The van der Waals surface area contributed by atoms with Crippen LogP contribution in [0.4, 0.5) is 0 Å². The van der Waals surface area contributed by atoms with Gasteiger partial charge in [-0.3, -0.25) is 9.59 Å². The molecular weight excluding hydrogens is 302 g/mol. The number of nitrogens with zero attached hydrogens (tertiary/aromatic N) is 2. The summed E-state index contributed by atoms with van der Waals surface area (Å²) in [7, 11) is 2.08. The fourth-order valence-electron chi connectivity index (χ4n) is 2.88. The Hall–Kier alpha value is -1.88. The standard InChI is InChI=1S/C19H29N3O2/c1-4-15(2)21(3)12-10-20-19(24)17-8-5-7-16(13-17)14-22-11-6-9-18(22)23/h5,7-8,13,15H,4,6,9-12,14H2,1-3H3,(H,20,24)/t15-/m0/s1. The molecule has 1 atom stereocenters. The largest absolute Gasteiger partial charge is 0.351 e. The minimum Gasteiger partial charge on any atom is -0.351 e. The molecule has 1 aromatic rings. The average Bonchev–Trinajstić information content (AvgIpc) is 2.99. The van der Waals surface area contributed by atoms with Crippen molar-refractivity contribution >= 4 is 11.8 Å². The van der Waals surface area contributed by atoms with Gasteiger partial charge in [0, 0.05) is 44.2 Å². The van der Waals surface area contributed by atoms with Gasteiger partial charge in [0.2, 0.25) is 5.91 Å². The summed E-state index contributed by atoms with van der Waals surface area (Å²) >= 11 is 0. The van der Waals surface area contributed by atoms with Gasteiger partial charge in [0.25, 0.3) is 5.91 Å². The molecule has 0 aromatic heterocycles. The van der Waals surface area contributed by atoms with Crippen LogP contribution in [0.25, 0.3) is 0 Å². The Morgan fingerprint density at radius 1 is 1.42 bits per heavy atom. The minimum absolute atomic E-state index is 0.0536. The molecule has 5 nitrogen and oxygen atoms in total. The minimum atomic E-state index is -0.0536. The third-order valence-electron chi connectivity index (χ3n) is 4.83. The summed E-state index contributed by atoms with van der Waals surface area (Å²) in [6.45, 7) is 7.23. The fourth-order valence-corrected chi connectivity index (χ4v) is 2.88. The van der Waals surface area contributed by atoms with Crippen molar-refractivity contribution in [3.63, 3.8) is 0 Å². The number of nitrogens with one attached hydrogen (secondary N) is 1. The molecule has 5 heteroatoms. The lowest BCUT2D eigenvalue weighted by Gasteiger charge is -2.23. The maximum Gasteiger partial charge on any atom is 0.251 e. The summed E-state index contributed by atoms with van der Waals surface area (Å²) in [5, 5.41) is 2.98. The molecule has 24 heavy (non-hydrogen) atoms. The van der Waals surface area contributed by atoms with Gasteiger partial charge in [-0.15, -0.1) is 0 Å². The van der Waals surface area contributed by atoms with E-state index in [2.05, 4.69) is 31.1 Å². The molecule has 0 saturated carbocycles. The normalized spacial score (nSPS) is 15.8. The highest BCUT2D eigenvalue weighted by atomic mass is 16.2. The number of rotatable bonds is 8. The molecule has 1 heterocycles. The lowest BCUT2D eigenvalue weighted by Crippen LogP contribution is -2.37. The highest BCUT2D eigenvalue weighted by Gasteiger charge is 2.20. The Morgan fingerprint density at radius 2 is 2.21 bits per heavy atom. The number of likely N-dealkylation sites (N-methyl/N-ethyl adjacent to an activating group) is 1. The smallest absolute Gasteiger partial charge is 0.251 e. The van der Waals surface area contributed by atoms with Crippen molar-refractivity contribution in [2.24, 2.45) is 0 Å². The monoisotopic (exact) mass is 331 g/mol. The van der Waals surface area contributed by atoms with E-state index in [0.717, 1.165) is 31.5 Å². The molecule has 0 radical (unpaired) electrons. The first-order valence-electron chi connectivity index (χ1n) is 8.86. The summed E-state index contributed by atoms with van der Waals surface area (Å²) in [5.41, 5.74) is 1.67. The highest BCUT2D eigenvalue weighted by Crippen LogP contribution is 2.15. The number of likely N-dealkylation sites (tertiary alicyclic amines) is 1. The average molecular weight is 331 g/mol. The van der Waals surface area contributed by atoms with Crippen molar-refractivity contribution in [3.8, 4) is 0 Å². The second-order valence-corrected chi connectivity index (χ2v) is 6.61. The molecule has 1 N–H and O–H groups in total. The van der Waals surface area contributed by atoms with Crippen LogP contribution in [-0.4, -0.2) is 54.3 Å². The van der Waals surface area contributed by atoms with Gasteiger partial charge >= 0.3 is 0 Å². The van der Waals surface area contributed by atoms with Gasteiger partial charge < -0.3 is 15.1 Å². The van der Waals surface area contributed by atoms with Crippen LogP contribution < -0.4 is 5.32 Å². The molecule has 2 amide bonds. The lowest BCUT2D eigenvalue weighted by atomic mass is 10.1. The molecule has 1 aliphatic rings. The third kappa shape index (κ3) is 5.06. The Labute approximate surface area is 145 Å². The van der Waals surface area contributed by atoms with Crippen molar-refractivity contribution in [2.45, 2.75) is 45.7 Å². The van der Waals surface area contributed by atoms with Crippen molar-refractivity contribution in [1.29, 1.82) is 0 Å². The van der Waals surface area contributed by atoms with E-state index in [1.54, 1.807) is 0 Å². The van der Waals surface area contributed by atoms with Gasteiger partial charge in [-0.1, -0.05) is 19.1 Å². The first kappa shape index (κ1) is 18.5. The van der Waals surface area contributed by atoms with Crippen molar-refractivity contribution < 1.29 is 9.59 Å². The van der Waals surface area contributed by atoms with Crippen LogP contribution in [0.15, 0.2) is 24.3 Å². The zero-order valence-corrected chi connectivity index (χ0v) is 15.0. The molecule has 1 fully saturated rings. The summed E-state index contributed by atoms with van der Waals surface area (Å²) in [5.74, 6) is 0.153.